The van der Waals surface area contributed by atoms with Gasteiger partial charge in [0.05, 0.1) is 18.8 Å². The second-order valence-electron chi connectivity index (χ2n) is 5.83. The van der Waals surface area contributed by atoms with Gasteiger partial charge in [-0.05, 0) is 36.8 Å². The molecule has 3 rings (SSSR count). The van der Waals surface area contributed by atoms with Crippen molar-refractivity contribution in [1.29, 1.82) is 0 Å². The average molecular weight is 405 g/mol. The number of ether oxygens (including phenoxy) is 1. The van der Waals surface area contributed by atoms with Gasteiger partial charge in [0.1, 0.15) is 23.1 Å². The van der Waals surface area contributed by atoms with Crippen LogP contribution in [0.5, 0.6) is 5.75 Å². The summed E-state index contributed by atoms with van der Waals surface area (Å²) < 4.78 is 37.9. The molecule has 0 aliphatic heterocycles. The molecule has 28 heavy (non-hydrogen) atoms. The molecule has 0 unspecified atom stereocenters. The average Bonchev–Trinajstić information content (AvgIpc) is 3.12. The summed E-state index contributed by atoms with van der Waals surface area (Å²) in [5.41, 5.74) is 0.479. The lowest BCUT2D eigenvalue weighted by Crippen LogP contribution is -2.23. The number of hydrogen-bond acceptors (Lipinski definition) is 6. The Morgan fingerprint density at radius 2 is 1.86 bits per heavy atom. The molecule has 1 aromatic heterocycles. The zero-order valence-electron chi connectivity index (χ0n) is 15.1. The molecule has 0 saturated carbocycles. The van der Waals surface area contributed by atoms with Crippen molar-refractivity contribution in [2.75, 3.05) is 12.4 Å². The van der Waals surface area contributed by atoms with Crippen molar-refractivity contribution in [3.63, 3.8) is 0 Å². The van der Waals surface area contributed by atoms with Crippen LogP contribution in [0.25, 0.3) is 0 Å². The number of amides is 1. The zero-order chi connectivity index (χ0) is 20.1. The van der Waals surface area contributed by atoms with Crippen molar-refractivity contribution in [1.82, 2.24) is 10.2 Å². The highest BCUT2D eigenvalue weighted by atomic mass is 32.2. The van der Waals surface area contributed by atoms with Crippen LogP contribution in [0.3, 0.4) is 0 Å². The smallest absolute Gasteiger partial charge is 0.277 e. The molecule has 1 atom stereocenters. The van der Waals surface area contributed by atoms with E-state index in [-0.39, 0.29) is 5.22 Å². The van der Waals surface area contributed by atoms with E-state index in [4.69, 9.17) is 9.15 Å². The largest absolute Gasteiger partial charge is 0.497 e. The summed E-state index contributed by atoms with van der Waals surface area (Å²) in [6.07, 6.45) is 0.429. The van der Waals surface area contributed by atoms with E-state index >= 15 is 0 Å². The van der Waals surface area contributed by atoms with Gasteiger partial charge in [-0.2, -0.15) is 0 Å². The van der Waals surface area contributed by atoms with Crippen LogP contribution < -0.4 is 10.1 Å². The number of halogens is 2. The molecule has 146 valence electrons. The molecule has 1 heterocycles. The minimum atomic E-state index is -0.842. The van der Waals surface area contributed by atoms with Crippen molar-refractivity contribution >= 4 is 23.4 Å². The van der Waals surface area contributed by atoms with Gasteiger partial charge >= 0.3 is 0 Å². The van der Waals surface area contributed by atoms with Gasteiger partial charge in [-0.3, -0.25) is 4.79 Å². The SMILES string of the molecule is COc1ccc(Cc2nnc(S[C@H](C)C(=O)Nc3c(F)cccc3F)o2)cc1. The normalized spacial score (nSPS) is 11.9. The van der Waals surface area contributed by atoms with Crippen molar-refractivity contribution in [2.45, 2.75) is 23.8 Å². The number of anilines is 1. The van der Waals surface area contributed by atoms with Gasteiger partial charge in [0, 0.05) is 0 Å². The summed E-state index contributed by atoms with van der Waals surface area (Å²) in [6.45, 7) is 1.58. The molecular formula is C19H17F2N3O3S. The summed E-state index contributed by atoms with van der Waals surface area (Å²) in [5.74, 6) is -1.13. The molecule has 0 spiro atoms. The fourth-order valence-corrected chi connectivity index (χ4v) is 3.02. The Labute approximate surface area is 164 Å². The number of hydrogen-bond donors (Lipinski definition) is 1. The molecule has 2 aromatic carbocycles. The van der Waals surface area contributed by atoms with E-state index < -0.39 is 28.5 Å². The summed E-state index contributed by atoms with van der Waals surface area (Å²) >= 11 is 1.00. The Hall–Kier alpha value is -2.94. The third-order valence-electron chi connectivity index (χ3n) is 3.82. The van der Waals surface area contributed by atoms with Crippen LogP contribution in [-0.4, -0.2) is 28.5 Å². The third kappa shape index (κ3) is 4.86. The van der Waals surface area contributed by atoms with Crippen LogP contribution in [0.1, 0.15) is 18.4 Å². The first-order valence-corrected chi connectivity index (χ1v) is 9.21. The van der Waals surface area contributed by atoms with Crippen molar-refractivity contribution in [3.8, 4) is 5.75 Å². The van der Waals surface area contributed by atoms with Gasteiger partial charge in [-0.1, -0.05) is 30.0 Å². The Bertz CT molecular complexity index is 943. The number of methoxy groups -OCH3 is 1. The van der Waals surface area contributed by atoms with Crippen LogP contribution in [0.2, 0.25) is 0 Å². The maximum atomic E-state index is 13.6. The Morgan fingerprint density at radius 3 is 2.50 bits per heavy atom. The number of nitrogens with one attached hydrogen (secondary N) is 1. The van der Waals surface area contributed by atoms with Crippen molar-refractivity contribution in [3.05, 3.63) is 65.6 Å². The minimum absolute atomic E-state index is 0.195. The van der Waals surface area contributed by atoms with Crippen LogP contribution in [-0.2, 0) is 11.2 Å². The molecule has 0 bridgehead atoms. The number of benzene rings is 2. The minimum Gasteiger partial charge on any atom is -0.497 e. The number of thioether (sulfide) groups is 1. The number of carbonyl (C=O) groups is 1. The molecular weight excluding hydrogens is 388 g/mol. The second kappa shape index (κ2) is 8.83. The highest BCUT2D eigenvalue weighted by molar-refractivity contribution is 8.00. The second-order valence-corrected chi connectivity index (χ2v) is 7.12. The highest BCUT2D eigenvalue weighted by Gasteiger charge is 2.21. The quantitative estimate of drug-likeness (QED) is 0.597. The summed E-state index contributed by atoms with van der Waals surface area (Å²) in [7, 11) is 1.59. The van der Waals surface area contributed by atoms with E-state index in [1.54, 1.807) is 14.0 Å². The molecule has 1 amide bonds. The molecule has 0 fully saturated rings. The van der Waals surface area contributed by atoms with Crippen LogP contribution in [0.4, 0.5) is 14.5 Å². The number of nitrogens with zero attached hydrogens (tertiary/aromatic N) is 2. The van der Waals surface area contributed by atoms with Gasteiger partial charge in [-0.15, -0.1) is 10.2 Å². The number of para-hydroxylation sites is 1. The molecule has 3 aromatic rings. The Balaban J connectivity index is 1.59. The summed E-state index contributed by atoms with van der Waals surface area (Å²) in [6, 6.07) is 10.8. The fraction of sp³-hybridized carbons (Fsp3) is 0.211. The molecule has 0 saturated heterocycles. The Kier molecular flexibility index (Phi) is 6.25. The fourth-order valence-electron chi connectivity index (χ4n) is 2.32. The van der Waals surface area contributed by atoms with E-state index in [1.807, 2.05) is 24.3 Å². The summed E-state index contributed by atoms with van der Waals surface area (Å²) in [4.78, 5) is 12.2. The maximum Gasteiger partial charge on any atom is 0.277 e. The van der Waals surface area contributed by atoms with E-state index in [2.05, 4.69) is 15.5 Å². The van der Waals surface area contributed by atoms with Gasteiger partial charge in [0.15, 0.2) is 0 Å². The van der Waals surface area contributed by atoms with E-state index in [9.17, 15) is 13.6 Å². The first-order valence-electron chi connectivity index (χ1n) is 8.33. The third-order valence-corrected chi connectivity index (χ3v) is 4.75. The standard InChI is InChI=1S/C19H17F2N3O3S/c1-11(18(25)22-17-14(20)4-3-5-15(17)21)28-19-24-23-16(27-19)10-12-6-8-13(26-2)9-7-12/h3-9,11H,10H2,1-2H3,(H,22,25)/t11-/m1/s1. The molecule has 0 aliphatic rings. The van der Waals surface area contributed by atoms with Crippen LogP contribution in [0, 0.1) is 11.6 Å². The number of rotatable bonds is 7. The van der Waals surface area contributed by atoms with Crippen molar-refractivity contribution in [2.24, 2.45) is 0 Å². The zero-order valence-corrected chi connectivity index (χ0v) is 15.9. The lowest BCUT2D eigenvalue weighted by molar-refractivity contribution is -0.115. The van der Waals surface area contributed by atoms with Gasteiger partial charge < -0.3 is 14.5 Å². The van der Waals surface area contributed by atoms with Gasteiger partial charge in [0.2, 0.25) is 11.8 Å². The van der Waals surface area contributed by atoms with Gasteiger partial charge in [0.25, 0.3) is 5.22 Å². The maximum absolute atomic E-state index is 13.6. The molecule has 0 radical (unpaired) electrons. The summed E-state index contributed by atoms with van der Waals surface area (Å²) in [5, 5.41) is 9.60. The lowest BCUT2D eigenvalue weighted by atomic mass is 10.1. The predicted octanol–water partition coefficient (Wildman–Crippen LogP) is 4.07. The monoisotopic (exact) mass is 405 g/mol. The van der Waals surface area contributed by atoms with Gasteiger partial charge in [-0.25, -0.2) is 8.78 Å². The topological polar surface area (TPSA) is 77.2 Å². The van der Waals surface area contributed by atoms with E-state index in [0.717, 1.165) is 35.2 Å². The van der Waals surface area contributed by atoms with E-state index in [1.165, 1.54) is 6.07 Å². The number of carbonyl (C=O) groups excluding carboxylic acids is 1. The molecule has 0 aliphatic carbocycles. The number of aromatic nitrogens is 2. The van der Waals surface area contributed by atoms with E-state index in [0.29, 0.717) is 12.3 Å². The Morgan fingerprint density at radius 1 is 1.18 bits per heavy atom. The highest BCUT2D eigenvalue weighted by Crippen LogP contribution is 2.25. The predicted molar refractivity (Wildman–Crippen MR) is 100 cm³/mol. The molecule has 9 heteroatoms. The van der Waals surface area contributed by atoms with Crippen LogP contribution in [0.15, 0.2) is 52.1 Å². The molecule has 6 nitrogen and oxygen atoms in total. The lowest BCUT2D eigenvalue weighted by Gasteiger charge is -2.11. The molecule has 1 N–H and O–H groups in total. The first kappa shape index (κ1) is 19.8. The van der Waals surface area contributed by atoms with Crippen LogP contribution >= 0.6 is 11.8 Å². The first-order chi connectivity index (χ1) is 13.5. The van der Waals surface area contributed by atoms with Crippen molar-refractivity contribution < 1.29 is 22.7 Å².